The van der Waals surface area contributed by atoms with E-state index in [2.05, 4.69) is 10.3 Å². The second kappa shape index (κ2) is 6.95. The summed E-state index contributed by atoms with van der Waals surface area (Å²) in [6.45, 7) is 2.25. The predicted octanol–water partition coefficient (Wildman–Crippen LogP) is 0.590. The zero-order valence-corrected chi connectivity index (χ0v) is 13.4. The summed E-state index contributed by atoms with van der Waals surface area (Å²) in [4.78, 5) is 14.4. The maximum absolute atomic E-state index is 12.5. The highest BCUT2D eigenvalue weighted by Crippen LogP contribution is 2.19. The van der Waals surface area contributed by atoms with Crippen molar-refractivity contribution in [3.05, 3.63) is 35.9 Å². The number of piperidine rings is 1. The van der Waals surface area contributed by atoms with Crippen LogP contribution in [0.1, 0.15) is 24.1 Å². The fourth-order valence-electron chi connectivity index (χ4n) is 3.16. The Hall–Kier alpha value is -2.15. The van der Waals surface area contributed by atoms with Gasteiger partial charge >= 0.3 is 0 Å². The fraction of sp³-hybridized carbons (Fsp3) is 0.562. The predicted molar refractivity (Wildman–Crippen MR) is 84.4 cm³/mol. The highest BCUT2D eigenvalue weighted by atomic mass is 16.3. The van der Waals surface area contributed by atoms with Crippen molar-refractivity contribution in [2.75, 3.05) is 13.1 Å². The monoisotopic (exact) mass is 317 g/mol. The number of likely N-dealkylation sites (tertiary alicyclic amines) is 1. The standard InChI is InChI=1S/C16H23N5O2/c1-19-6-4-13(8-19)7-16(23)20-5-2-3-14(9-20)10-21-11-15(12-22)17-18-21/h4,6,8,11,14,22H,2-3,5,7,9-10,12H2,1H3. The number of carbonyl (C=O) groups is 1. The molecule has 1 aliphatic rings. The molecular formula is C16H23N5O2. The van der Waals surface area contributed by atoms with E-state index in [-0.39, 0.29) is 12.5 Å². The number of hydrogen-bond acceptors (Lipinski definition) is 4. The topological polar surface area (TPSA) is 76.2 Å². The molecular weight excluding hydrogens is 294 g/mol. The average Bonchev–Trinajstić information content (AvgIpc) is 3.16. The van der Waals surface area contributed by atoms with Crippen LogP contribution in [0.4, 0.5) is 0 Å². The van der Waals surface area contributed by atoms with Crippen LogP contribution in [-0.4, -0.2) is 48.6 Å². The van der Waals surface area contributed by atoms with Gasteiger partial charge in [-0.25, -0.2) is 0 Å². The lowest BCUT2D eigenvalue weighted by molar-refractivity contribution is -0.132. The zero-order chi connectivity index (χ0) is 16.2. The van der Waals surface area contributed by atoms with Crippen LogP contribution in [0.3, 0.4) is 0 Å². The third-order valence-corrected chi connectivity index (χ3v) is 4.31. The number of aromatic nitrogens is 4. The van der Waals surface area contributed by atoms with Crippen molar-refractivity contribution in [2.45, 2.75) is 32.4 Å². The second-order valence-electron chi connectivity index (χ2n) is 6.30. The minimum atomic E-state index is -0.0909. The van der Waals surface area contributed by atoms with Crippen LogP contribution in [0.2, 0.25) is 0 Å². The van der Waals surface area contributed by atoms with Crippen molar-refractivity contribution >= 4 is 5.91 Å². The van der Waals surface area contributed by atoms with Crippen molar-refractivity contribution in [3.63, 3.8) is 0 Å². The van der Waals surface area contributed by atoms with Crippen LogP contribution >= 0.6 is 0 Å². The molecule has 3 heterocycles. The number of aliphatic hydroxyl groups is 1. The Kier molecular flexibility index (Phi) is 4.76. The number of rotatable bonds is 5. The fourth-order valence-corrected chi connectivity index (χ4v) is 3.16. The largest absolute Gasteiger partial charge is 0.390 e. The molecule has 0 spiro atoms. The minimum Gasteiger partial charge on any atom is -0.390 e. The number of hydrogen-bond donors (Lipinski definition) is 1. The van der Waals surface area contributed by atoms with Gasteiger partial charge in [0.25, 0.3) is 0 Å². The van der Waals surface area contributed by atoms with Crippen LogP contribution < -0.4 is 0 Å². The summed E-state index contributed by atoms with van der Waals surface area (Å²) in [6.07, 6.45) is 8.29. The van der Waals surface area contributed by atoms with Gasteiger partial charge in [-0.1, -0.05) is 5.21 Å². The van der Waals surface area contributed by atoms with Gasteiger partial charge in [-0.3, -0.25) is 9.48 Å². The van der Waals surface area contributed by atoms with Crippen LogP contribution in [0.15, 0.2) is 24.7 Å². The van der Waals surface area contributed by atoms with Gasteiger partial charge in [0.2, 0.25) is 5.91 Å². The molecule has 1 atom stereocenters. The van der Waals surface area contributed by atoms with E-state index in [1.807, 2.05) is 35.0 Å². The first kappa shape index (κ1) is 15.7. The summed E-state index contributed by atoms with van der Waals surface area (Å²) in [5, 5.41) is 17.0. The van der Waals surface area contributed by atoms with E-state index in [9.17, 15) is 4.79 Å². The Morgan fingerprint density at radius 2 is 2.30 bits per heavy atom. The number of nitrogens with zero attached hydrogens (tertiary/aromatic N) is 5. The second-order valence-corrected chi connectivity index (χ2v) is 6.30. The molecule has 0 radical (unpaired) electrons. The zero-order valence-electron chi connectivity index (χ0n) is 13.4. The molecule has 7 nitrogen and oxygen atoms in total. The molecule has 1 N–H and O–H groups in total. The molecule has 0 saturated carbocycles. The SMILES string of the molecule is Cn1ccc(CC(=O)N2CCCC(Cn3cc(CO)nn3)C2)c1. The molecule has 1 fully saturated rings. The number of aryl methyl sites for hydroxylation is 1. The van der Waals surface area contributed by atoms with Crippen molar-refractivity contribution in [2.24, 2.45) is 13.0 Å². The van der Waals surface area contributed by atoms with Gasteiger partial charge in [-0.2, -0.15) is 0 Å². The average molecular weight is 317 g/mol. The summed E-state index contributed by atoms with van der Waals surface area (Å²) in [6, 6.07) is 1.99. The lowest BCUT2D eigenvalue weighted by atomic mass is 9.97. The highest BCUT2D eigenvalue weighted by molar-refractivity contribution is 5.78. The molecule has 23 heavy (non-hydrogen) atoms. The van der Waals surface area contributed by atoms with Gasteiger partial charge in [-0.15, -0.1) is 5.10 Å². The van der Waals surface area contributed by atoms with Crippen LogP contribution in [0.25, 0.3) is 0 Å². The molecule has 3 rings (SSSR count). The first-order valence-corrected chi connectivity index (χ1v) is 8.02. The lowest BCUT2D eigenvalue weighted by Crippen LogP contribution is -2.41. The lowest BCUT2D eigenvalue weighted by Gasteiger charge is -2.32. The van der Waals surface area contributed by atoms with Gasteiger partial charge < -0.3 is 14.6 Å². The number of amides is 1. The Bertz CT molecular complexity index is 663. The number of carbonyl (C=O) groups excluding carboxylic acids is 1. The van der Waals surface area contributed by atoms with Crippen molar-refractivity contribution < 1.29 is 9.90 Å². The van der Waals surface area contributed by atoms with E-state index in [4.69, 9.17) is 5.11 Å². The Morgan fingerprint density at radius 3 is 3.00 bits per heavy atom. The Labute approximate surface area is 135 Å². The molecule has 2 aromatic heterocycles. The van der Waals surface area contributed by atoms with Gasteiger partial charge in [0.1, 0.15) is 5.69 Å². The third-order valence-electron chi connectivity index (χ3n) is 4.31. The molecule has 2 aromatic rings. The van der Waals surface area contributed by atoms with E-state index in [1.165, 1.54) is 0 Å². The van der Waals surface area contributed by atoms with E-state index in [0.29, 0.717) is 18.0 Å². The number of aliphatic hydroxyl groups excluding tert-OH is 1. The first-order valence-electron chi connectivity index (χ1n) is 8.02. The van der Waals surface area contributed by atoms with Gasteiger partial charge in [0.15, 0.2) is 0 Å². The summed E-state index contributed by atoms with van der Waals surface area (Å²) in [5.74, 6) is 0.576. The summed E-state index contributed by atoms with van der Waals surface area (Å²) in [7, 11) is 1.96. The molecule has 0 aromatic carbocycles. The van der Waals surface area contributed by atoms with Crippen molar-refractivity contribution in [3.8, 4) is 0 Å². The van der Waals surface area contributed by atoms with Crippen molar-refractivity contribution in [1.29, 1.82) is 0 Å². The summed E-state index contributed by atoms with van der Waals surface area (Å²) < 4.78 is 3.73. The molecule has 1 amide bonds. The van der Waals surface area contributed by atoms with Crippen LogP contribution in [0, 0.1) is 5.92 Å². The van der Waals surface area contributed by atoms with Gasteiger partial charge in [0.05, 0.1) is 19.2 Å². The van der Waals surface area contributed by atoms with Crippen LogP contribution in [-0.2, 0) is 31.4 Å². The van der Waals surface area contributed by atoms with E-state index in [0.717, 1.165) is 38.0 Å². The Balaban J connectivity index is 1.55. The molecule has 1 saturated heterocycles. The molecule has 1 aliphatic heterocycles. The van der Waals surface area contributed by atoms with Crippen LogP contribution in [0.5, 0.6) is 0 Å². The normalized spacial score (nSPS) is 18.3. The van der Waals surface area contributed by atoms with Crippen molar-refractivity contribution in [1.82, 2.24) is 24.5 Å². The molecule has 1 unspecified atom stereocenters. The van der Waals surface area contributed by atoms with E-state index >= 15 is 0 Å². The minimum absolute atomic E-state index is 0.0909. The molecule has 7 heteroatoms. The van der Waals surface area contributed by atoms with Gasteiger partial charge in [0, 0.05) is 39.1 Å². The smallest absolute Gasteiger partial charge is 0.227 e. The quantitative estimate of drug-likeness (QED) is 0.876. The van der Waals surface area contributed by atoms with E-state index in [1.54, 1.807) is 10.9 Å². The summed E-state index contributed by atoms with van der Waals surface area (Å²) >= 11 is 0. The molecule has 0 bridgehead atoms. The van der Waals surface area contributed by atoms with Gasteiger partial charge in [-0.05, 0) is 30.4 Å². The maximum atomic E-state index is 12.5. The Morgan fingerprint density at radius 1 is 1.43 bits per heavy atom. The summed E-state index contributed by atoms with van der Waals surface area (Å²) in [5.41, 5.74) is 1.64. The first-order chi connectivity index (χ1) is 11.1. The highest BCUT2D eigenvalue weighted by Gasteiger charge is 2.24. The molecule has 0 aliphatic carbocycles. The molecule has 124 valence electrons. The maximum Gasteiger partial charge on any atom is 0.227 e. The third kappa shape index (κ3) is 3.98. The van der Waals surface area contributed by atoms with E-state index < -0.39 is 0 Å².